The van der Waals surface area contributed by atoms with Gasteiger partial charge in [-0.1, -0.05) is 6.92 Å². The fourth-order valence-electron chi connectivity index (χ4n) is 2.11. The summed E-state index contributed by atoms with van der Waals surface area (Å²) in [6.45, 7) is 9.12. The summed E-state index contributed by atoms with van der Waals surface area (Å²) in [5.41, 5.74) is -0.0800. The predicted molar refractivity (Wildman–Crippen MR) is 61.8 cm³/mol. The van der Waals surface area contributed by atoms with Crippen LogP contribution >= 0.6 is 0 Å². The largest absolute Gasteiger partial charge is 0.376 e. The lowest BCUT2D eigenvalue weighted by Gasteiger charge is -2.27. The van der Waals surface area contributed by atoms with Gasteiger partial charge in [-0.25, -0.2) is 0 Å². The van der Waals surface area contributed by atoms with Crippen molar-refractivity contribution >= 4 is 5.78 Å². The third-order valence-corrected chi connectivity index (χ3v) is 3.03. The summed E-state index contributed by atoms with van der Waals surface area (Å²) in [4.78, 5) is 11.6. The van der Waals surface area contributed by atoms with E-state index in [0.29, 0.717) is 18.3 Å². The van der Waals surface area contributed by atoms with Gasteiger partial charge in [-0.05, 0) is 46.0 Å². The van der Waals surface area contributed by atoms with Crippen LogP contribution in [0.15, 0.2) is 0 Å². The van der Waals surface area contributed by atoms with Gasteiger partial charge in [0.2, 0.25) is 0 Å². The Hall–Kier alpha value is -0.370. The first-order chi connectivity index (χ1) is 6.88. The van der Waals surface area contributed by atoms with Gasteiger partial charge >= 0.3 is 0 Å². The van der Waals surface area contributed by atoms with Crippen LogP contribution in [-0.2, 0) is 9.53 Å². The van der Waals surface area contributed by atoms with E-state index in [-0.39, 0.29) is 11.5 Å². The van der Waals surface area contributed by atoms with Gasteiger partial charge < -0.3 is 4.74 Å². The molecule has 1 aliphatic carbocycles. The van der Waals surface area contributed by atoms with Gasteiger partial charge in [-0.2, -0.15) is 0 Å². The van der Waals surface area contributed by atoms with E-state index in [1.807, 2.05) is 0 Å². The zero-order valence-electron chi connectivity index (χ0n) is 10.5. The van der Waals surface area contributed by atoms with Gasteiger partial charge in [-0.15, -0.1) is 0 Å². The molecule has 2 unspecified atom stereocenters. The molecular weight excluding hydrogens is 188 g/mol. The van der Waals surface area contributed by atoms with Crippen LogP contribution in [0.25, 0.3) is 0 Å². The second-order valence-corrected chi connectivity index (χ2v) is 5.79. The maximum Gasteiger partial charge on any atom is 0.136 e. The quantitative estimate of drug-likeness (QED) is 0.718. The van der Waals surface area contributed by atoms with Crippen LogP contribution in [0.3, 0.4) is 0 Å². The van der Waals surface area contributed by atoms with Crippen molar-refractivity contribution in [3.8, 4) is 0 Å². The molecule has 2 atom stereocenters. The first-order valence-corrected chi connectivity index (χ1v) is 6.05. The van der Waals surface area contributed by atoms with Gasteiger partial charge in [0.15, 0.2) is 0 Å². The van der Waals surface area contributed by atoms with E-state index < -0.39 is 0 Å². The average molecular weight is 212 g/mol. The molecule has 1 rings (SSSR count). The third kappa shape index (κ3) is 4.78. The summed E-state index contributed by atoms with van der Waals surface area (Å²) in [6.07, 6.45) is 3.82. The van der Waals surface area contributed by atoms with Crippen molar-refractivity contribution in [1.82, 2.24) is 0 Å². The van der Waals surface area contributed by atoms with Crippen molar-refractivity contribution in [2.24, 2.45) is 11.8 Å². The van der Waals surface area contributed by atoms with Crippen LogP contribution in [-0.4, -0.2) is 18.0 Å². The average Bonchev–Trinajstić information content (AvgIpc) is 2.09. The van der Waals surface area contributed by atoms with Crippen LogP contribution in [0.2, 0.25) is 0 Å². The van der Waals surface area contributed by atoms with E-state index >= 15 is 0 Å². The molecule has 0 bridgehead atoms. The first-order valence-electron chi connectivity index (χ1n) is 6.05. The number of ketones is 1. The molecule has 15 heavy (non-hydrogen) atoms. The van der Waals surface area contributed by atoms with Crippen molar-refractivity contribution in [3.05, 3.63) is 0 Å². The second-order valence-electron chi connectivity index (χ2n) is 5.79. The molecule has 0 N–H and O–H groups in total. The molecule has 0 amide bonds. The van der Waals surface area contributed by atoms with Gasteiger partial charge in [0.1, 0.15) is 5.78 Å². The summed E-state index contributed by atoms with van der Waals surface area (Å²) in [5, 5.41) is 0. The molecule has 0 aromatic rings. The molecule has 0 aliphatic heterocycles. The molecule has 0 aromatic heterocycles. The lowest BCUT2D eigenvalue weighted by Crippen LogP contribution is -2.27. The highest BCUT2D eigenvalue weighted by Gasteiger charge is 2.26. The highest BCUT2D eigenvalue weighted by molar-refractivity contribution is 5.81. The Morgan fingerprint density at radius 2 is 2.07 bits per heavy atom. The molecule has 2 heteroatoms. The molecule has 0 spiro atoms. The fourth-order valence-corrected chi connectivity index (χ4v) is 2.11. The summed E-state index contributed by atoms with van der Waals surface area (Å²) >= 11 is 0. The van der Waals surface area contributed by atoms with Crippen molar-refractivity contribution < 1.29 is 9.53 Å². The summed E-state index contributed by atoms with van der Waals surface area (Å²) in [6, 6.07) is 0. The topological polar surface area (TPSA) is 26.3 Å². The van der Waals surface area contributed by atoms with Crippen LogP contribution in [0, 0.1) is 11.8 Å². The molecule has 0 radical (unpaired) electrons. The summed E-state index contributed by atoms with van der Waals surface area (Å²) in [7, 11) is 0. The predicted octanol–water partition coefficient (Wildman–Crippen LogP) is 3.20. The van der Waals surface area contributed by atoms with Gasteiger partial charge in [0.05, 0.1) is 5.60 Å². The Balaban J connectivity index is 2.28. The monoisotopic (exact) mass is 212 g/mol. The smallest absolute Gasteiger partial charge is 0.136 e. The summed E-state index contributed by atoms with van der Waals surface area (Å²) < 4.78 is 5.66. The molecule has 0 saturated heterocycles. The van der Waals surface area contributed by atoms with E-state index in [4.69, 9.17) is 4.74 Å². The molecule has 1 aliphatic rings. The molecule has 0 heterocycles. The maximum atomic E-state index is 11.6. The van der Waals surface area contributed by atoms with E-state index in [2.05, 4.69) is 27.7 Å². The molecule has 2 nitrogen and oxygen atoms in total. The Kier molecular flexibility index (Phi) is 4.32. The molecule has 0 aromatic carbocycles. The van der Waals surface area contributed by atoms with Crippen molar-refractivity contribution in [2.45, 2.75) is 59.0 Å². The van der Waals surface area contributed by atoms with E-state index in [0.717, 1.165) is 25.7 Å². The minimum atomic E-state index is -0.0800. The molecule has 1 fully saturated rings. The molecule has 88 valence electrons. The SMILES string of the molecule is CC1CCC(=O)C(CCOC(C)(C)C)C1. The number of Topliss-reactive ketones (excluding diaryl/α,β-unsaturated/α-hetero) is 1. The Morgan fingerprint density at radius 1 is 1.40 bits per heavy atom. The number of rotatable bonds is 3. The van der Waals surface area contributed by atoms with Crippen molar-refractivity contribution in [1.29, 1.82) is 0 Å². The van der Waals surface area contributed by atoms with E-state index in [1.165, 1.54) is 0 Å². The first kappa shape index (κ1) is 12.7. The van der Waals surface area contributed by atoms with Gasteiger partial charge in [0.25, 0.3) is 0 Å². The maximum absolute atomic E-state index is 11.6. The van der Waals surface area contributed by atoms with Crippen LogP contribution < -0.4 is 0 Å². The van der Waals surface area contributed by atoms with Gasteiger partial charge in [-0.3, -0.25) is 4.79 Å². The van der Waals surface area contributed by atoms with E-state index in [1.54, 1.807) is 0 Å². The highest BCUT2D eigenvalue weighted by atomic mass is 16.5. The van der Waals surface area contributed by atoms with Gasteiger partial charge in [0, 0.05) is 18.9 Å². The highest BCUT2D eigenvalue weighted by Crippen LogP contribution is 2.28. The zero-order valence-corrected chi connectivity index (χ0v) is 10.5. The minimum Gasteiger partial charge on any atom is -0.376 e. The van der Waals surface area contributed by atoms with Crippen molar-refractivity contribution in [2.75, 3.05) is 6.61 Å². The Labute approximate surface area is 93.4 Å². The number of hydrogen-bond donors (Lipinski definition) is 0. The Morgan fingerprint density at radius 3 is 2.67 bits per heavy atom. The van der Waals surface area contributed by atoms with E-state index in [9.17, 15) is 4.79 Å². The number of ether oxygens (including phenoxy) is 1. The van der Waals surface area contributed by atoms with Crippen molar-refractivity contribution in [3.63, 3.8) is 0 Å². The zero-order chi connectivity index (χ0) is 11.5. The minimum absolute atomic E-state index is 0.0800. The lowest BCUT2D eigenvalue weighted by molar-refractivity contribution is -0.126. The number of carbonyl (C=O) groups excluding carboxylic acids is 1. The van der Waals surface area contributed by atoms with Crippen LogP contribution in [0.1, 0.15) is 53.4 Å². The number of hydrogen-bond acceptors (Lipinski definition) is 2. The summed E-state index contributed by atoms with van der Waals surface area (Å²) in [5.74, 6) is 1.42. The number of carbonyl (C=O) groups is 1. The fraction of sp³-hybridized carbons (Fsp3) is 0.923. The third-order valence-electron chi connectivity index (χ3n) is 3.03. The Bertz CT molecular complexity index is 215. The molecule has 1 saturated carbocycles. The lowest BCUT2D eigenvalue weighted by atomic mass is 9.80. The second kappa shape index (κ2) is 5.11. The normalized spacial score (nSPS) is 28.1. The van der Waals surface area contributed by atoms with Crippen LogP contribution in [0.5, 0.6) is 0 Å². The van der Waals surface area contributed by atoms with Crippen LogP contribution in [0.4, 0.5) is 0 Å². The molecular formula is C13H24O2. The standard InChI is InChI=1S/C13H24O2/c1-10-5-6-12(14)11(9-10)7-8-15-13(2,3)4/h10-11H,5-9H2,1-4H3.